The molecule has 0 aliphatic rings. The van der Waals surface area contributed by atoms with Crippen molar-refractivity contribution in [3.63, 3.8) is 0 Å². The van der Waals surface area contributed by atoms with Gasteiger partial charge in [0.2, 0.25) is 0 Å². The molecule has 30 heavy (non-hydrogen) atoms. The van der Waals surface area contributed by atoms with E-state index in [1.807, 2.05) is 6.07 Å². The van der Waals surface area contributed by atoms with Gasteiger partial charge < -0.3 is 9.72 Å². The molecular weight excluding hydrogens is 404 g/mol. The lowest BCUT2D eigenvalue weighted by molar-refractivity contribution is -0.385. The first kappa shape index (κ1) is 21.5. The minimum Gasteiger partial charge on any atom is -0.461 e. The molecule has 1 N–H and O–H groups in total. The number of carbonyl (C=O) groups excluding carboxylic acids is 1. The normalized spacial score (nSPS) is 10.9. The lowest BCUT2D eigenvalue weighted by Crippen LogP contribution is -2.09. The van der Waals surface area contributed by atoms with Gasteiger partial charge in [-0.2, -0.15) is 0 Å². The van der Waals surface area contributed by atoms with Crippen LogP contribution in [0.4, 0.5) is 5.69 Å². The Labute approximate surface area is 178 Å². The lowest BCUT2D eigenvalue weighted by atomic mass is 9.99. The van der Waals surface area contributed by atoms with Crippen molar-refractivity contribution in [3.05, 3.63) is 76.1 Å². The second-order valence-electron chi connectivity index (χ2n) is 6.92. The minimum absolute atomic E-state index is 0.0423. The molecule has 0 aliphatic heterocycles. The van der Waals surface area contributed by atoms with E-state index in [1.165, 1.54) is 23.9 Å². The maximum Gasteiger partial charge on any atom is 0.306 e. The first-order valence-corrected chi connectivity index (χ1v) is 10.3. The number of non-ortho nitro benzene ring substituents is 1. The quantitative estimate of drug-likeness (QED) is 0.301. The van der Waals surface area contributed by atoms with Gasteiger partial charge in [0.05, 0.1) is 11.3 Å². The fourth-order valence-electron chi connectivity index (χ4n) is 3.02. The van der Waals surface area contributed by atoms with Crippen LogP contribution in [0.1, 0.15) is 43.1 Å². The number of hydrogen-bond acceptors (Lipinski definition) is 7. The van der Waals surface area contributed by atoms with Gasteiger partial charge in [0, 0.05) is 58.7 Å². The standard InChI is InChI=1S/C21H22N4O4S/c1-14(2)21-15(13-29-20(26)7-6-19-23-8-9-24-19)11-22-12-18(21)30-17-5-3-4-16(10-17)25(27)28/h3-5,8-12,14H,6-7,13H2,1-2H3,(H,23,24). The number of ether oxygens (including phenoxy) is 1. The average Bonchev–Trinajstić information content (AvgIpc) is 3.24. The van der Waals surface area contributed by atoms with E-state index in [4.69, 9.17) is 4.74 Å². The summed E-state index contributed by atoms with van der Waals surface area (Å²) < 4.78 is 5.45. The van der Waals surface area contributed by atoms with Gasteiger partial charge in [-0.1, -0.05) is 31.7 Å². The molecule has 0 saturated heterocycles. The molecule has 2 heterocycles. The zero-order valence-electron chi connectivity index (χ0n) is 16.7. The Kier molecular flexibility index (Phi) is 7.18. The molecule has 0 bridgehead atoms. The number of benzene rings is 1. The molecule has 0 radical (unpaired) electrons. The number of aromatic amines is 1. The second kappa shape index (κ2) is 10.0. The number of hydrogen-bond donors (Lipinski definition) is 1. The van der Waals surface area contributed by atoms with Crippen molar-refractivity contribution >= 4 is 23.4 Å². The molecule has 3 rings (SSSR count). The lowest BCUT2D eigenvalue weighted by Gasteiger charge is -2.17. The third-order valence-electron chi connectivity index (χ3n) is 4.38. The van der Waals surface area contributed by atoms with Crippen molar-refractivity contribution in [2.75, 3.05) is 0 Å². The van der Waals surface area contributed by atoms with Crippen molar-refractivity contribution in [1.29, 1.82) is 0 Å². The van der Waals surface area contributed by atoms with Crippen LogP contribution in [-0.2, 0) is 22.6 Å². The molecule has 0 aliphatic carbocycles. The van der Waals surface area contributed by atoms with Gasteiger partial charge in [-0.15, -0.1) is 0 Å². The highest BCUT2D eigenvalue weighted by molar-refractivity contribution is 7.99. The van der Waals surface area contributed by atoms with Crippen LogP contribution in [0.15, 0.2) is 58.8 Å². The maximum atomic E-state index is 12.1. The molecule has 0 fully saturated rings. The number of imidazole rings is 1. The molecule has 0 saturated carbocycles. The largest absolute Gasteiger partial charge is 0.461 e. The number of nitro groups is 1. The van der Waals surface area contributed by atoms with Crippen LogP contribution in [0.2, 0.25) is 0 Å². The summed E-state index contributed by atoms with van der Waals surface area (Å²) >= 11 is 1.41. The number of esters is 1. The fraction of sp³-hybridized carbons (Fsp3) is 0.286. The summed E-state index contributed by atoms with van der Waals surface area (Å²) in [6.07, 6.45) is 7.52. The molecule has 0 atom stereocenters. The van der Waals surface area contributed by atoms with Gasteiger partial charge in [0.25, 0.3) is 5.69 Å². The summed E-state index contributed by atoms with van der Waals surface area (Å²) in [6, 6.07) is 6.48. The summed E-state index contributed by atoms with van der Waals surface area (Å²) in [6.45, 7) is 4.23. The monoisotopic (exact) mass is 426 g/mol. The summed E-state index contributed by atoms with van der Waals surface area (Å²) in [5.74, 6) is 0.593. The van der Waals surface area contributed by atoms with Gasteiger partial charge in [0.15, 0.2) is 0 Å². The number of carbonyl (C=O) groups is 1. The molecule has 2 aromatic heterocycles. The van der Waals surface area contributed by atoms with Gasteiger partial charge in [-0.3, -0.25) is 19.9 Å². The number of nitro benzene ring substituents is 1. The Balaban J connectivity index is 1.71. The molecule has 156 valence electrons. The zero-order valence-corrected chi connectivity index (χ0v) is 17.5. The Bertz CT molecular complexity index is 1020. The van der Waals surface area contributed by atoms with Crippen LogP contribution in [0, 0.1) is 10.1 Å². The molecule has 0 unspecified atom stereocenters. The van der Waals surface area contributed by atoms with Crippen LogP contribution in [0.25, 0.3) is 0 Å². The average molecular weight is 426 g/mol. The van der Waals surface area contributed by atoms with Crippen molar-refractivity contribution in [2.24, 2.45) is 0 Å². The van der Waals surface area contributed by atoms with Gasteiger partial charge in [-0.25, -0.2) is 4.98 Å². The highest BCUT2D eigenvalue weighted by Gasteiger charge is 2.17. The van der Waals surface area contributed by atoms with Crippen molar-refractivity contribution < 1.29 is 14.5 Å². The van der Waals surface area contributed by atoms with E-state index in [2.05, 4.69) is 28.8 Å². The predicted octanol–water partition coefficient (Wildman–Crippen LogP) is 4.66. The number of H-pyrrole nitrogens is 1. The van der Waals surface area contributed by atoms with Gasteiger partial charge in [0.1, 0.15) is 12.4 Å². The van der Waals surface area contributed by atoms with E-state index in [9.17, 15) is 14.9 Å². The van der Waals surface area contributed by atoms with Crippen LogP contribution < -0.4 is 0 Å². The molecular formula is C21H22N4O4S. The molecule has 8 nitrogen and oxygen atoms in total. The number of aryl methyl sites for hydroxylation is 1. The first-order chi connectivity index (χ1) is 14.4. The SMILES string of the molecule is CC(C)c1c(COC(=O)CCc2ncc[nH]2)cncc1Sc1cccc([N+](=O)[O-])c1. The number of pyridine rings is 1. The Morgan fingerprint density at radius 2 is 2.17 bits per heavy atom. The molecule has 0 amide bonds. The van der Waals surface area contributed by atoms with Crippen LogP contribution in [0.3, 0.4) is 0 Å². The summed E-state index contributed by atoms with van der Waals surface area (Å²) in [5, 5.41) is 11.0. The number of nitrogens with one attached hydrogen (secondary N) is 1. The molecule has 9 heteroatoms. The first-order valence-electron chi connectivity index (χ1n) is 9.47. The third kappa shape index (κ3) is 5.66. The number of rotatable bonds is 9. The summed E-state index contributed by atoms with van der Waals surface area (Å²) in [4.78, 5) is 35.7. The van der Waals surface area contributed by atoms with E-state index in [0.29, 0.717) is 6.42 Å². The van der Waals surface area contributed by atoms with Crippen LogP contribution in [0.5, 0.6) is 0 Å². The van der Waals surface area contributed by atoms with E-state index < -0.39 is 4.92 Å². The predicted molar refractivity (Wildman–Crippen MR) is 112 cm³/mol. The van der Waals surface area contributed by atoms with E-state index >= 15 is 0 Å². The summed E-state index contributed by atoms with van der Waals surface area (Å²) in [5.41, 5.74) is 1.88. The number of nitrogens with zero attached hydrogens (tertiary/aromatic N) is 3. The van der Waals surface area contributed by atoms with Crippen molar-refractivity contribution in [1.82, 2.24) is 15.0 Å². The summed E-state index contributed by atoms with van der Waals surface area (Å²) in [7, 11) is 0. The van der Waals surface area contributed by atoms with Crippen molar-refractivity contribution in [3.8, 4) is 0 Å². The van der Waals surface area contributed by atoms with Gasteiger partial charge >= 0.3 is 5.97 Å². The van der Waals surface area contributed by atoms with Crippen LogP contribution in [-0.4, -0.2) is 25.8 Å². The smallest absolute Gasteiger partial charge is 0.306 e. The highest BCUT2D eigenvalue weighted by atomic mass is 32.2. The Hall–Kier alpha value is -3.20. The Morgan fingerprint density at radius 3 is 2.87 bits per heavy atom. The van der Waals surface area contributed by atoms with Crippen LogP contribution >= 0.6 is 11.8 Å². The second-order valence-corrected chi connectivity index (χ2v) is 8.03. The molecule has 3 aromatic rings. The highest BCUT2D eigenvalue weighted by Crippen LogP contribution is 2.36. The topological polar surface area (TPSA) is 111 Å². The maximum absolute atomic E-state index is 12.1. The Morgan fingerprint density at radius 1 is 1.33 bits per heavy atom. The van der Waals surface area contributed by atoms with Crippen molar-refractivity contribution in [2.45, 2.75) is 49.0 Å². The molecule has 0 spiro atoms. The third-order valence-corrected chi connectivity index (χ3v) is 5.41. The van der Waals surface area contributed by atoms with Gasteiger partial charge in [-0.05, 0) is 17.5 Å². The van der Waals surface area contributed by atoms with E-state index in [0.717, 1.165) is 26.7 Å². The van der Waals surface area contributed by atoms with E-state index in [1.54, 1.807) is 30.9 Å². The molecule has 1 aromatic carbocycles. The fourth-order valence-corrected chi connectivity index (χ4v) is 4.19. The number of aromatic nitrogens is 3. The van der Waals surface area contributed by atoms with E-state index in [-0.39, 0.29) is 30.6 Å². The minimum atomic E-state index is -0.412. The zero-order chi connectivity index (χ0) is 21.5.